The van der Waals surface area contributed by atoms with Crippen molar-refractivity contribution in [1.29, 1.82) is 0 Å². The van der Waals surface area contributed by atoms with E-state index >= 15 is 0 Å². The largest absolute Gasteiger partial charge is 0.329 e. The number of nitrogens with two attached hydrogens (primary N) is 1. The molecule has 0 aliphatic rings. The van der Waals surface area contributed by atoms with Crippen LogP contribution in [0.25, 0.3) is 0 Å². The molecule has 0 spiro atoms. The first kappa shape index (κ1) is 14.2. The molecule has 0 radical (unpaired) electrons. The average molecular weight is 219 g/mol. The molecule has 0 amide bonds. The zero-order chi connectivity index (χ0) is 10.8. The van der Waals surface area contributed by atoms with Gasteiger partial charge in [0.1, 0.15) is 0 Å². The Morgan fingerprint density at radius 3 is 2.64 bits per heavy atom. The first-order chi connectivity index (χ1) is 6.70. The van der Waals surface area contributed by atoms with Gasteiger partial charge in [-0.1, -0.05) is 6.92 Å². The quantitative estimate of drug-likeness (QED) is 0.558. The van der Waals surface area contributed by atoms with Gasteiger partial charge in [-0.05, 0) is 32.0 Å². The topological polar surface area (TPSA) is 41.3 Å². The van der Waals surface area contributed by atoms with Crippen molar-refractivity contribution in [3.63, 3.8) is 0 Å². The smallest absolute Gasteiger partial charge is 0.0198 e. The highest BCUT2D eigenvalue weighted by Crippen LogP contribution is 2.03. The van der Waals surface area contributed by atoms with Crippen molar-refractivity contribution in [2.75, 3.05) is 45.2 Å². The molecule has 0 saturated carbocycles. The molecule has 4 heteroatoms. The third kappa shape index (κ3) is 8.81. The molecule has 0 heterocycles. The second-order valence-corrected chi connectivity index (χ2v) is 5.07. The number of thioether (sulfide) groups is 1. The van der Waals surface area contributed by atoms with Crippen LogP contribution in [0.3, 0.4) is 0 Å². The third-order valence-corrected chi connectivity index (χ3v) is 3.02. The second-order valence-electron chi connectivity index (χ2n) is 3.68. The van der Waals surface area contributed by atoms with E-state index in [9.17, 15) is 0 Å². The fourth-order valence-corrected chi connectivity index (χ4v) is 1.91. The highest BCUT2D eigenvalue weighted by Gasteiger charge is 2.04. The summed E-state index contributed by atoms with van der Waals surface area (Å²) in [6.07, 6.45) is 1.18. The first-order valence-electron chi connectivity index (χ1n) is 5.36. The molecule has 86 valence electrons. The maximum Gasteiger partial charge on any atom is 0.0198 e. The summed E-state index contributed by atoms with van der Waals surface area (Å²) in [7, 11) is 4.18. The molecule has 14 heavy (non-hydrogen) atoms. The minimum absolute atomic E-state index is 0.494. The predicted molar refractivity (Wildman–Crippen MR) is 67.0 cm³/mol. The Morgan fingerprint density at radius 2 is 2.14 bits per heavy atom. The molecule has 0 aromatic heterocycles. The van der Waals surface area contributed by atoms with Crippen LogP contribution in [0, 0.1) is 0 Å². The lowest BCUT2D eigenvalue weighted by molar-refractivity contribution is 0.381. The molecular formula is C10H25N3S. The highest BCUT2D eigenvalue weighted by molar-refractivity contribution is 7.99. The molecule has 3 nitrogen and oxygen atoms in total. The SMILES string of the molecule is CCSCCC(CN)NCCN(C)C. The number of likely N-dealkylation sites (N-methyl/N-ethyl adjacent to an activating group) is 1. The van der Waals surface area contributed by atoms with Crippen molar-refractivity contribution >= 4 is 11.8 Å². The van der Waals surface area contributed by atoms with E-state index in [2.05, 4.69) is 31.2 Å². The maximum absolute atomic E-state index is 5.69. The fraction of sp³-hybridized carbons (Fsp3) is 1.00. The highest BCUT2D eigenvalue weighted by atomic mass is 32.2. The number of hydrogen-bond donors (Lipinski definition) is 2. The Hall–Kier alpha value is 0.230. The summed E-state index contributed by atoms with van der Waals surface area (Å²) in [6, 6.07) is 0.494. The molecule has 0 aliphatic heterocycles. The molecular weight excluding hydrogens is 194 g/mol. The predicted octanol–water partition coefficient (Wildman–Crippen LogP) is 0.608. The molecule has 0 saturated heterocycles. The molecule has 0 aromatic rings. The third-order valence-electron chi connectivity index (χ3n) is 2.09. The van der Waals surface area contributed by atoms with Crippen molar-refractivity contribution < 1.29 is 0 Å². The van der Waals surface area contributed by atoms with Gasteiger partial charge in [-0.2, -0.15) is 11.8 Å². The van der Waals surface area contributed by atoms with E-state index in [4.69, 9.17) is 5.73 Å². The summed E-state index contributed by atoms with van der Waals surface area (Å²) in [5.41, 5.74) is 5.69. The van der Waals surface area contributed by atoms with Crippen molar-refractivity contribution in [2.45, 2.75) is 19.4 Å². The number of hydrogen-bond acceptors (Lipinski definition) is 4. The van der Waals surface area contributed by atoms with Gasteiger partial charge in [0.2, 0.25) is 0 Å². The van der Waals surface area contributed by atoms with Crippen LogP contribution in [-0.4, -0.2) is 56.2 Å². The van der Waals surface area contributed by atoms with Crippen LogP contribution in [0.15, 0.2) is 0 Å². The van der Waals surface area contributed by atoms with Crippen LogP contribution in [0.2, 0.25) is 0 Å². The maximum atomic E-state index is 5.69. The van der Waals surface area contributed by atoms with Gasteiger partial charge in [-0.3, -0.25) is 0 Å². The van der Waals surface area contributed by atoms with E-state index in [1.54, 1.807) is 0 Å². The number of rotatable bonds is 9. The van der Waals surface area contributed by atoms with E-state index in [0.29, 0.717) is 6.04 Å². The number of nitrogens with one attached hydrogen (secondary N) is 1. The molecule has 3 N–H and O–H groups in total. The van der Waals surface area contributed by atoms with Crippen molar-refractivity contribution in [2.24, 2.45) is 5.73 Å². The second kappa shape index (κ2) is 9.77. The van der Waals surface area contributed by atoms with Crippen LogP contribution in [0.4, 0.5) is 0 Å². The molecule has 0 rings (SSSR count). The normalized spacial score (nSPS) is 13.5. The van der Waals surface area contributed by atoms with Crippen LogP contribution in [-0.2, 0) is 0 Å². The van der Waals surface area contributed by atoms with E-state index in [-0.39, 0.29) is 0 Å². The van der Waals surface area contributed by atoms with E-state index in [1.165, 1.54) is 17.9 Å². The van der Waals surface area contributed by atoms with Gasteiger partial charge >= 0.3 is 0 Å². The Balaban J connectivity index is 3.38. The standard InChI is InChI=1S/C10H25N3S/c1-4-14-8-5-10(9-11)12-6-7-13(2)3/h10,12H,4-9,11H2,1-3H3. The van der Waals surface area contributed by atoms with Gasteiger partial charge in [-0.15, -0.1) is 0 Å². The average Bonchev–Trinajstić information content (AvgIpc) is 2.15. The van der Waals surface area contributed by atoms with Gasteiger partial charge in [0.25, 0.3) is 0 Å². The first-order valence-corrected chi connectivity index (χ1v) is 6.52. The number of nitrogens with zero attached hydrogens (tertiary/aromatic N) is 1. The van der Waals surface area contributed by atoms with Crippen molar-refractivity contribution in [3.8, 4) is 0 Å². The van der Waals surface area contributed by atoms with Crippen LogP contribution in [0.5, 0.6) is 0 Å². The summed E-state index contributed by atoms with van der Waals surface area (Å²) >= 11 is 1.99. The van der Waals surface area contributed by atoms with Gasteiger partial charge in [0, 0.05) is 25.7 Å². The lowest BCUT2D eigenvalue weighted by atomic mass is 10.2. The minimum atomic E-state index is 0.494. The molecule has 0 aromatic carbocycles. The zero-order valence-electron chi connectivity index (χ0n) is 9.75. The van der Waals surface area contributed by atoms with Crippen molar-refractivity contribution in [1.82, 2.24) is 10.2 Å². The Morgan fingerprint density at radius 1 is 1.43 bits per heavy atom. The summed E-state index contributed by atoms with van der Waals surface area (Å²) in [4.78, 5) is 2.18. The lowest BCUT2D eigenvalue weighted by Crippen LogP contribution is -2.40. The van der Waals surface area contributed by atoms with Crippen LogP contribution in [0.1, 0.15) is 13.3 Å². The monoisotopic (exact) mass is 219 g/mol. The van der Waals surface area contributed by atoms with Crippen LogP contribution >= 0.6 is 11.8 Å². The molecule has 0 bridgehead atoms. The van der Waals surface area contributed by atoms with Crippen molar-refractivity contribution in [3.05, 3.63) is 0 Å². The van der Waals surface area contributed by atoms with Gasteiger partial charge in [-0.25, -0.2) is 0 Å². The van der Waals surface area contributed by atoms with E-state index in [1.807, 2.05) is 11.8 Å². The van der Waals surface area contributed by atoms with E-state index < -0.39 is 0 Å². The lowest BCUT2D eigenvalue weighted by Gasteiger charge is -2.18. The molecule has 0 aliphatic carbocycles. The van der Waals surface area contributed by atoms with Gasteiger partial charge < -0.3 is 16.0 Å². The summed E-state index contributed by atoms with van der Waals surface area (Å²) < 4.78 is 0. The van der Waals surface area contributed by atoms with Crippen LogP contribution < -0.4 is 11.1 Å². The summed E-state index contributed by atoms with van der Waals surface area (Å²) in [5, 5.41) is 3.48. The van der Waals surface area contributed by atoms with Gasteiger partial charge in [0.15, 0.2) is 0 Å². The molecule has 1 unspecified atom stereocenters. The van der Waals surface area contributed by atoms with E-state index in [0.717, 1.165) is 19.6 Å². The summed E-state index contributed by atoms with van der Waals surface area (Å²) in [5.74, 6) is 2.42. The zero-order valence-corrected chi connectivity index (χ0v) is 10.6. The molecule has 1 atom stereocenters. The Kier molecular flexibility index (Phi) is 9.93. The minimum Gasteiger partial charge on any atom is -0.329 e. The van der Waals surface area contributed by atoms with Gasteiger partial charge in [0.05, 0.1) is 0 Å². The Bertz CT molecular complexity index is 120. The Labute approximate surface area is 92.8 Å². The fourth-order valence-electron chi connectivity index (χ4n) is 1.17. The molecule has 0 fully saturated rings. The summed E-state index contributed by atoms with van der Waals surface area (Å²) in [6.45, 7) is 5.06.